The monoisotopic (exact) mass is 284 g/mol. The van der Waals surface area contributed by atoms with Gasteiger partial charge in [-0.05, 0) is 20.3 Å². The molecule has 0 saturated carbocycles. The summed E-state index contributed by atoms with van der Waals surface area (Å²) < 4.78 is 0. The zero-order chi connectivity index (χ0) is 15.1. The lowest BCUT2D eigenvalue weighted by Crippen LogP contribution is -2.39. The molecule has 1 aromatic carbocycles. The Morgan fingerprint density at radius 1 is 0.952 bits per heavy atom. The summed E-state index contributed by atoms with van der Waals surface area (Å²) in [7, 11) is 0. The van der Waals surface area contributed by atoms with Gasteiger partial charge in [0.1, 0.15) is 11.4 Å². The summed E-state index contributed by atoms with van der Waals surface area (Å²) in [6.07, 6.45) is 1.00. The molecule has 0 aromatic heterocycles. The van der Waals surface area contributed by atoms with Crippen molar-refractivity contribution in [2.75, 3.05) is 13.1 Å². The predicted molar refractivity (Wildman–Crippen MR) is 81.0 cm³/mol. The lowest BCUT2D eigenvalue weighted by atomic mass is 9.90. The van der Waals surface area contributed by atoms with Gasteiger partial charge < -0.3 is 9.80 Å². The first kappa shape index (κ1) is 13.9. The highest BCUT2D eigenvalue weighted by atomic mass is 16.1. The van der Waals surface area contributed by atoms with Crippen LogP contribution in [0.5, 0.6) is 0 Å². The van der Waals surface area contributed by atoms with Gasteiger partial charge in [-0.2, -0.15) is 0 Å². The van der Waals surface area contributed by atoms with Crippen LogP contribution >= 0.6 is 0 Å². The van der Waals surface area contributed by atoms with Crippen molar-refractivity contribution in [2.24, 2.45) is 0 Å². The fourth-order valence-electron chi connectivity index (χ4n) is 3.39. The van der Waals surface area contributed by atoms with Gasteiger partial charge >= 0.3 is 0 Å². The highest BCUT2D eigenvalue weighted by Gasteiger charge is 2.45. The number of fused-ring (bicyclic) bond motifs is 1. The lowest BCUT2D eigenvalue weighted by Gasteiger charge is -2.30. The number of carbonyl (C=O) groups excluding carboxylic acids is 2. The quantitative estimate of drug-likeness (QED) is 0.855. The summed E-state index contributed by atoms with van der Waals surface area (Å²) in [6.45, 7) is 7.68. The minimum atomic E-state index is -0.0208. The van der Waals surface area contributed by atoms with Crippen LogP contribution in [0.3, 0.4) is 0 Å². The third-order valence-corrected chi connectivity index (χ3v) is 4.35. The van der Waals surface area contributed by atoms with Crippen LogP contribution in [0.2, 0.25) is 0 Å². The molecule has 0 amide bonds. The van der Waals surface area contributed by atoms with Gasteiger partial charge in [0.25, 0.3) is 0 Å². The van der Waals surface area contributed by atoms with Gasteiger partial charge in [0.2, 0.25) is 11.6 Å². The van der Waals surface area contributed by atoms with Crippen LogP contribution in [0.15, 0.2) is 35.7 Å². The Labute approximate surface area is 125 Å². The summed E-state index contributed by atoms with van der Waals surface area (Å²) in [5.41, 5.74) is 2.25. The molecule has 0 bridgehead atoms. The van der Waals surface area contributed by atoms with Gasteiger partial charge in [0.05, 0.1) is 6.17 Å². The van der Waals surface area contributed by atoms with E-state index in [9.17, 15) is 9.59 Å². The van der Waals surface area contributed by atoms with E-state index in [1.807, 2.05) is 24.0 Å². The maximum atomic E-state index is 12.9. The van der Waals surface area contributed by atoms with Gasteiger partial charge in [0, 0.05) is 24.2 Å². The smallest absolute Gasteiger partial charge is 0.212 e. The molecule has 0 radical (unpaired) electrons. The van der Waals surface area contributed by atoms with Crippen molar-refractivity contribution in [3.63, 3.8) is 0 Å². The minimum Gasteiger partial charge on any atom is -0.347 e. The predicted octanol–water partition coefficient (Wildman–Crippen LogP) is 2.67. The highest BCUT2D eigenvalue weighted by molar-refractivity contribution is 6.26. The van der Waals surface area contributed by atoms with Crippen LogP contribution in [-0.4, -0.2) is 40.6 Å². The molecule has 1 aromatic rings. The SMILES string of the molecule is CCCN1C2=C(C(=O)c3ccccc3C2=O)N(CC)C1C. The van der Waals surface area contributed by atoms with E-state index in [-0.39, 0.29) is 17.7 Å². The molecule has 0 saturated heterocycles. The van der Waals surface area contributed by atoms with E-state index < -0.39 is 0 Å². The fraction of sp³-hybridized carbons (Fsp3) is 0.412. The zero-order valence-corrected chi connectivity index (χ0v) is 12.7. The van der Waals surface area contributed by atoms with Crippen LogP contribution < -0.4 is 0 Å². The molecule has 3 rings (SSSR count). The molecule has 1 heterocycles. The highest BCUT2D eigenvalue weighted by Crippen LogP contribution is 2.37. The Balaban J connectivity index is 2.18. The van der Waals surface area contributed by atoms with Crippen LogP contribution in [0.4, 0.5) is 0 Å². The minimum absolute atomic E-state index is 0.0172. The number of likely N-dealkylation sites (N-methyl/N-ethyl adjacent to an activating group) is 1. The summed E-state index contributed by atoms with van der Waals surface area (Å²) in [6, 6.07) is 7.13. The molecule has 4 heteroatoms. The maximum absolute atomic E-state index is 12.9. The number of hydrogen-bond donors (Lipinski definition) is 0. The first-order valence-corrected chi connectivity index (χ1v) is 7.57. The van der Waals surface area contributed by atoms with Crippen LogP contribution in [0.25, 0.3) is 0 Å². The maximum Gasteiger partial charge on any atom is 0.212 e. The molecule has 0 spiro atoms. The third kappa shape index (κ3) is 1.82. The van der Waals surface area contributed by atoms with E-state index >= 15 is 0 Å². The first-order chi connectivity index (χ1) is 10.1. The van der Waals surface area contributed by atoms with Gasteiger partial charge in [-0.1, -0.05) is 31.2 Å². The van der Waals surface area contributed by atoms with Gasteiger partial charge in [-0.25, -0.2) is 0 Å². The number of benzene rings is 1. The normalized spacial score (nSPS) is 21.0. The van der Waals surface area contributed by atoms with Crippen molar-refractivity contribution in [1.29, 1.82) is 0 Å². The summed E-state index contributed by atoms with van der Waals surface area (Å²) in [5.74, 6) is -0.0380. The zero-order valence-electron chi connectivity index (χ0n) is 12.7. The number of ketones is 2. The van der Waals surface area contributed by atoms with Crippen molar-refractivity contribution >= 4 is 11.6 Å². The Morgan fingerprint density at radius 2 is 1.48 bits per heavy atom. The molecule has 0 fully saturated rings. The van der Waals surface area contributed by atoms with E-state index in [4.69, 9.17) is 0 Å². The molecule has 110 valence electrons. The third-order valence-electron chi connectivity index (χ3n) is 4.35. The molecular formula is C17H20N2O2. The molecule has 4 nitrogen and oxygen atoms in total. The molecule has 2 aliphatic rings. The largest absolute Gasteiger partial charge is 0.347 e. The topological polar surface area (TPSA) is 40.6 Å². The molecular weight excluding hydrogens is 264 g/mol. The van der Waals surface area contributed by atoms with Crippen molar-refractivity contribution in [3.8, 4) is 0 Å². The molecule has 0 N–H and O–H groups in total. The summed E-state index contributed by atoms with van der Waals surface area (Å²) in [5, 5.41) is 0. The van der Waals surface area contributed by atoms with Gasteiger partial charge in [0.15, 0.2) is 0 Å². The average molecular weight is 284 g/mol. The van der Waals surface area contributed by atoms with Crippen LogP contribution in [0.1, 0.15) is 47.9 Å². The molecule has 1 aliphatic carbocycles. The van der Waals surface area contributed by atoms with Crippen molar-refractivity contribution < 1.29 is 9.59 Å². The Hall–Kier alpha value is -2.10. The fourth-order valence-corrected chi connectivity index (χ4v) is 3.39. The standard InChI is InChI=1S/C17H20N2O2/c1-4-10-19-11(3)18(5-2)14-15(19)17(21)13-9-7-6-8-12(13)16(14)20/h6-9,11H,4-5,10H2,1-3H3. The van der Waals surface area contributed by atoms with E-state index in [0.717, 1.165) is 19.5 Å². The van der Waals surface area contributed by atoms with Crippen LogP contribution in [0, 0.1) is 0 Å². The number of hydrogen-bond acceptors (Lipinski definition) is 4. The second-order valence-electron chi connectivity index (χ2n) is 5.51. The number of rotatable bonds is 3. The second kappa shape index (κ2) is 5.02. The Kier molecular flexibility index (Phi) is 3.32. The molecule has 21 heavy (non-hydrogen) atoms. The van der Waals surface area contributed by atoms with Crippen molar-refractivity contribution in [3.05, 3.63) is 46.8 Å². The first-order valence-electron chi connectivity index (χ1n) is 7.57. The van der Waals surface area contributed by atoms with Gasteiger partial charge in [-0.3, -0.25) is 9.59 Å². The molecule has 1 unspecified atom stereocenters. The second-order valence-corrected chi connectivity index (χ2v) is 5.51. The molecule has 1 atom stereocenters. The average Bonchev–Trinajstić information content (AvgIpc) is 2.78. The number of carbonyl (C=O) groups is 2. The van der Waals surface area contributed by atoms with Crippen molar-refractivity contribution in [1.82, 2.24) is 9.80 Å². The van der Waals surface area contributed by atoms with E-state index in [2.05, 4.69) is 18.7 Å². The number of nitrogens with zero attached hydrogens (tertiary/aromatic N) is 2. The lowest BCUT2D eigenvalue weighted by molar-refractivity contribution is 0.0951. The molecule has 1 aliphatic heterocycles. The van der Waals surface area contributed by atoms with Crippen LogP contribution in [-0.2, 0) is 0 Å². The van der Waals surface area contributed by atoms with E-state index in [0.29, 0.717) is 22.5 Å². The number of allylic oxidation sites excluding steroid dienone is 2. The van der Waals surface area contributed by atoms with Gasteiger partial charge in [-0.15, -0.1) is 0 Å². The Morgan fingerprint density at radius 3 is 1.95 bits per heavy atom. The van der Waals surface area contributed by atoms with E-state index in [1.165, 1.54) is 0 Å². The number of Topliss-reactive ketones (excluding diaryl/α,β-unsaturated/α-hetero) is 2. The Bertz CT molecular complexity index is 648. The summed E-state index contributed by atoms with van der Waals surface area (Å²) >= 11 is 0. The summed E-state index contributed by atoms with van der Waals surface area (Å²) in [4.78, 5) is 29.8. The van der Waals surface area contributed by atoms with E-state index in [1.54, 1.807) is 12.1 Å². The van der Waals surface area contributed by atoms with Crippen molar-refractivity contribution in [2.45, 2.75) is 33.4 Å².